The molecule has 0 aliphatic heterocycles. The van der Waals surface area contributed by atoms with Crippen LogP contribution in [0.15, 0.2) is 54.6 Å². The van der Waals surface area contributed by atoms with Gasteiger partial charge in [0.1, 0.15) is 5.75 Å². The number of hydrogen-bond donors (Lipinski definition) is 2. The SMILES string of the molecule is CCCCCCCCc1ccc(OC(O)C=CCC(=O)c2ccc(O)c([N+](=O)[O-])c2)cc1. The highest BCUT2D eigenvalue weighted by Crippen LogP contribution is 2.26. The van der Waals surface area contributed by atoms with Crippen molar-refractivity contribution >= 4 is 11.5 Å². The van der Waals surface area contributed by atoms with Gasteiger partial charge in [-0.1, -0.05) is 57.2 Å². The van der Waals surface area contributed by atoms with Crippen LogP contribution in [0.2, 0.25) is 0 Å². The number of unbranched alkanes of at least 4 members (excludes halogenated alkanes) is 5. The Morgan fingerprint density at radius 2 is 1.78 bits per heavy atom. The van der Waals surface area contributed by atoms with Crippen LogP contribution in [0, 0.1) is 10.1 Å². The minimum Gasteiger partial charge on any atom is -0.502 e. The minimum atomic E-state index is -1.22. The molecule has 2 aromatic carbocycles. The molecular weight excluding hydrogens is 410 g/mol. The summed E-state index contributed by atoms with van der Waals surface area (Å²) in [6.07, 6.45) is 10.0. The van der Waals surface area contributed by atoms with Crippen LogP contribution in [0.1, 0.15) is 67.8 Å². The fourth-order valence-electron chi connectivity index (χ4n) is 3.28. The van der Waals surface area contributed by atoms with Crippen LogP contribution in [0.25, 0.3) is 0 Å². The van der Waals surface area contributed by atoms with Gasteiger partial charge in [0.15, 0.2) is 11.5 Å². The summed E-state index contributed by atoms with van der Waals surface area (Å²) >= 11 is 0. The van der Waals surface area contributed by atoms with Crippen LogP contribution in [-0.2, 0) is 6.42 Å². The van der Waals surface area contributed by atoms with Gasteiger partial charge in [-0.2, -0.15) is 0 Å². The number of phenols is 1. The van der Waals surface area contributed by atoms with Crippen molar-refractivity contribution in [2.45, 2.75) is 64.6 Å². The molecule has 0 saturated carbocycles. The van der Waals surface area contributed by atoms with Crippen molar-refractivity contribution in [3.05, 3.63) is 75.9 Å². The summed E-state index contributed by atoms with van der Waals surface area (Å²) in [6.45, 7) is 2.21. The Hall–Kier alpha value is -3.19. The average Bonchev–Trinajstić information content (AvgIpc) is 2.77. The molecule has 7 nitrogen and oxygen atoms in total. The van der Waals surface area contributed by atoms with Crippen LogP contribution in [0.3, 0.4) is 0 Å². The number of aliphatic hydroxyl groups is 1. The van der Waals surface area contributed by atoms with Gasteiger partial charge >= 0.3 is 5.69 Å². The molecule has 0 bridgehead atoms. The maximum absolute atomic E-state index is 12.2. The topological polar surface area (TPSA) is 110 Å². The summed E-state index contributed by atoms with van der Waals surface area (Å²) in [5.74, 6) is -0.353. The molecule has 1 atom stereocenters. The van der Waals surface area contributed by atoms with Crippen LogP contribution in [-0.4, -0.2) is 27.2 Å². The first kappa shape index (κ1) is 25.1. The number of aliphatic hydroxyl groups excluding tert-OH is 1. The van der Waals surface area contributed by atoms with Gasteiger partial charge in [-0.25, -0.2) is 0 Å². The monoisotopic (exact) mass is 441 g/mol. The van der Waals surface area contributed by atoms with Gasteiger partial charge in [-0.3, -0.25) is 14.9 Å². The minimum absolute atomic E-state index is 0.0699. The molecule has 0 saturated heterocycles. The second kappa shape index (κ2) is 13.3. The lowest BCUT2D eigenvalue weighted by Crippen LogP contribution is -2.12. The number of aromatic hydroxyl groups is 1. The number of phenolic OH excluding ortho intramolecular Hbond substituents is 1. The van der Waals surface area contributed by atoms with Crippen molar-refractivity contribution < 1.29 is 24.7 Å². The molecular formula is C25H31NO6. The number of nitro benzene ring substituents is 1. The molecule has 172 valence electrons. The third-order valence-electron chi connectivity index (χ3n) is 5.10. The fourth-order valence-corrected chi connectivity index (χ4v) is 3.28. The van der Waals surface area contributed by atoms with Gasteiger partial charge in [-0.15, -0.1) is 0 Å². The van der Waals surface area contributed by atoms with E-state index in [1.807, 2.05) is 24.3 Å². The zero-order valence-electron chi connectivity index (χ0n) is 18.4. The fraction of sp³-hybridized carbons (Fsp3) is 0.400. The van der Waals surface area contributed by atoms with E-state index in [0.29, 0.717) is 5.75 Å². The van der Waals surface area contributed by atoms with E-state index in [-0.39, 0.29) is 17.8 Å². The summed E-state index contributed by atoms with van der Waals surface area (Å²) in [5, 5.41) is 30.3. The molecule has 2 aromatic rings. The van der Waals surface area contributed by atoms with E-state index in [9.17, 15) is 25.1 Å². The van der Waals surface area contributed by atoms with Crippen LogP contribution in [0.5, 0.6) is 11.5 Å². The Balaban J connectivity index is 1.77. The van der Waals surface area contributed by atoms with Crippen LogP contribution >= 0.6 is 0 Å². The molecule has 0 aliphatic rings. The van der Waals surface area contributed by atoms with Crippen molar-refractivity contribution in [1.82, 2.24) is 0 Å². The number of nitro groups is 1. The van der Waals surface area contributed by atoms with Crippen molar-refractivity contribution in [1.29, 1.82) is 0 Å². The highest BCUT2D eigenvalue weighted by Gasteiger charge is 2.16. The lowest BCUT2D eigenvalue weighted by Gasteiger charge is -2.10. The molecule has 0 aliphatic carbocycles. The van der Waals surface area contributed by atoms with Crippen LogP contribution < -0.4 is 4.74 Å². The Bertz CT molecular complexity index is 907. The summed E-state index contributed by atoms with van der Waals surface area (Å²) in [7, 11) is 0. The normalized spacial score (nSPS) is 12.1. The number of hydrogen-bond acceptors (Lipinski definition) is 6. The lowest BCUT2D eigenvalue weighted by atomic mass is 10.0. The van der Waals surface area contributed by atoms with Crippen molar-refractivity contribution in [3.8, 4) is 11.5 Å². The zero-order chi connectivity index (χ0) is 23.3. The van der Waals surface area contributed by atoms with Crippen molar-refractivity contribution in [2.24, 2.45) is 0 Å². The van der Waals surface area contributed by atoms with E-state index >= 15 is 0 Å². The lowest BCUT2D eigenvalue weighted by molar-refractivity contribution is -0.385. The molecule has 0 radical (unpaired) electrons. The molecule has 1 unspecified atom stereocenters. The first-order valence-corrected chi connectivity index (χ1v) is 11.0. The molecule has 2 rings (SSSR count). The van der Waals surface area contributed by atoms with E-state index in [1.165, 1.54) is 55.9 Å². The van der Waals surface area contributed by atoms with Gasteiger partial charge in [-0.05, 0) is 48.7 Å². The molecule has 32 heavy (non-hydrogen) atoms. The highest BCUT2D eigenvalue weighted by atomic mass is 16.6. The summed E-state index contributed by atoms with van der Waals surface area (Å²) < 4.78 is 5.43. The summed E-state index contributed by atoms with van der Waals surface area (Å²) in [5.41, 5.74) is 0.810. The van der Waals surface area contributed by atoms with E-state index < -0.39 is 22.7 Å². The highest BCUT2D eigenvalue weighted by molar-refractivity contribution is 5.97. The predicted octanol–water partition coefficient (Wildman–Crippen LogP) is 5.73. The number of aryl methyl sites for hydroxylation is 1. The molecule has 0 aromatic heterocycles. The number of ether oxygens (including phenoxy) is 1. The van der Waals surface area contributed by atoms with E-state index in [4.69, 9.17) is 4.74 Å². The predicted molar refractivity (Wildman–Crippen MR) is 123 cm³/mol. The maximum atomic E-state index is 12.2. The Kier molecular flexibility index (Phi) is 10.4. The average molecular weight is 442 g/mol. The molecule has 0 amide bonds. The molecule has 0 spiro atoms. The Labute approximate surface area is 188 Å². The standard InChI is InChI=1S/C25H31NO6/c1-2-3-4-5-6-7-9-19-12-15-21(16-13-19)32-25(29)11-8-10-23(27)20-14-17-24(28)22(18-20)26(30)31/h8,11-18,25,28-29H,2-7,9-10H2,1H3. The second-order valence-electron chi connectivity index (χ2n) is 7.69. The first-order valence-electron chi connectivity index (χ1n) is 11.0. The van der Waals surface area contributed by atoms with Gasteiger partial charge in [0.05, 0.1) is 4.92 Å². The van der Waals surface area contributed by atoms with Gasteiger partial charge in [0.25, 0.3) is 0 Å². The van der Waals surface area contributed by atoms with Gasteiger partial charge in [0.2, 0.25) is 6.29 Å². The maximum Gasteiger partial charge on any atom is 0.311 e. The Morgan fingerprint density at radius 3 is 2.47 bits per heavy atom. The van der Waals surface area contributed by atoms with Crippen LogP contribution in [0.4, 0.5) is 5.69 Å². The van der Waals surface area contributed by atoms with E-state index in [1.54, 1.807) is 0 Å². The van der Waals surface area contributed by atoms with Gasteiger partial charge in [0, 0.05) is 18.1 Å². The molecule has 0 fully saturated rings. The summed E-state index contributed by atoms with van der Waals surface area (Å²) in [6, 6.07) is 11.1. The zero-order valence-corrected chi connectivity index (χ0v) is 18.4. The third-order valence-corrected chi connectivity index (χ3v) is 5.10. The van der Waals surface area contributed by atoms with E-state index in [2.05, 4.69) is 6.92 Å². The number of allylic oxidation sites excluding steroid dienone is 1. The molecule has 7 heteroatoms. The number of carbonyl (C=O) groups excluding carboxylic acids is 1. The number of carbonyl (C=O) groups is 1. The smallest absolute Gasteiger partial charge is 0.311 e. The Morgan fingerprint density at radius 1 is 1.09 bits per heavy atom. The quantitative estimate of drug-likeness (QED) is 0.0967. The van der Waals surface area contributed by atoms with Crippen molar-refractivity contribution in [2.75, 3.05) is 0 Å². The third kappa shape index (κ3) is 8.51. The molecule has 2 N–H and O–H groups in total. The summed E-state index contributed by atoms with van der Waals surface area (Å²) in [4.78, 5) is 22.3. The second-order valence-corrected chi connectivity index (χ2v) is 7.69. The number of benzene rings is 2. The first-order chi connectivity index (χ1) is 15.4. The van der Waals surface area contributed by atoms with Gasteiger partial charge < -0.3 is 14.9 Å². The number of rotatable bonds is 14. The number of Topliss-reactive ketones (excluding diaryl/α,β-unsaturated/α-hetero) is 1. The number of ketones is 1. The largest absolute Gasteiger partial charge is 0.502 e. The molecule has 0 heterocycles. The van der Waals surface area contributed by atoms with Crippen molar-refractivity contribution in [3.63, 3.8) is 0 Å². The number of nitrogens with zero attached hydrogens (tertiary/aromatic N) is 1. The van der Waals surface area contributed by atoms with E-state index in [0.717, 1.165) is 25.0 Å².